The van der Waals surface area contributed by atoms with E-state index in [1.807, 2.05) is 25.3 Å². The SMILES string of the molecule is Cc1cc(C(=O)Cc2cc(Br)cs2)c(C)o1. The number of furan rings is 1. The number of carbonyl (C=O) groups excluding carboxylic acids is 1. The van der Waals surface area contributed by atoms with Crippen LogP contribution in [-0.4, -0.2) is 5.78 Å². The van der Waals surface area contributed by atoms with Gasteiger partial charge in [0.15, 0.2) is 5.78 Å². The van der Waals surface area contributed by atoms with E-state index in [1.165, 1.54) is 0 Å². The average molecular weight is 299 g/mol. The fourth-order valence-electron chi connectivity index (χ4n) is 1.61. The molecule has 0 amide bonds. The van der Waals surface area contributed by atoms with Crippen molar-refractivity contribution >= 4 is 33.0 Å². The van der Waals surface area contributed by atoms with E-state index in [9.17, 15) is 4.79 Å². The Morgan fingerprint density at radius 2 is 2.19 bits per heavy atom. The Bertz CT molecular complexity index is 525. The van der Waals surface area contributed by atoms with E-state index >= 15 is 0 Å². The Morgan fingerprint density at radius 1 is 1.44 bits per heavy atom. The minimum atomic E-state index is 0.115. The lowest BCUT2D eigenvalue weighted by atomic mass is 10.1. The summed E-state index contributed by atoms with van der Waals surface area (Å²) in [5, 5.41) is 1.98. The second-order valence-electron chi connectivity index (χ2n) is 3.66. The second kappa shape index (κ2) is 4.55. The maximum Gasteiger partial charge on any atom is 0.171 e. The molecule has 2 nitrogen and oxygen atoms in total. The van der Waals surface area contributed by atoms with Gasteiger partial charge in [0.05, 0.1) is 5.56 Å². The van der Waals surface area contributed by atoms with Gasteiger partial charge in [-0.3, -0.25) is 4.79 Å². The fraction of sp³-hybridized carbons (Fsp3) is 0.250. The largest absolute Gasteiger partial charge is 0.466 e. The Kier molecular flexibility index (Phi) is 3.30. The highest BCUT2D eigenvalue weighted by Crippen LogP contribution is 2.22. The summed E-state index contributed by atoms with van der Waals surface area (Å²) in [7, 11) is 0. The molecule has 2 rings (SSSR count). The fourth-order valence-corrected chi connectivity index (χ4v) is 3.06. The summed E-state index contributed by atoms with van der Waals surface area (Å²) in [4.78, 5) is 13.1. The minimum Gasteiger partial charge on any atom is -0.466 e. The molecule has 0 aromatic carbocycles. The van der Waals surface area contributed by atoms with Crippen molar-refractivity contribution in [2.75, 3.05) is 0 Å². The van der Waals surface area contributed by atoms with Crippen LogP contribution in [0.25, 0.3) is 0 Å². The molecular formula is C12H11BrO2S. The van der Waals surface area contributed by atoms with Gasteiger partial charge in [-0.2, -0.15) is 0 Å². The number of carbonyl (C=O) groups is 1. The van der Waals surface area contributed by atoms with E-state index in [2.05, 4.69) is 15.9 Å². The highest BCUT2D eigenvalue weighted by Gasteiger charge is 2.14. The number of hydrogen-bond donors (Lipinski definition) is 0. The van der Waals surface area contributed by atoms with E-state index in [1.54, 1.807) is 17.4 Å². The van der Waals surface area contributed by atoms with Crippen molar-refractivity contribution in [3.63, 3.8) is 0 Å². The number of Topliss-reactive ketones (excluding diaryl/α,β-unsaturated/α-hetero) is 1. The molecule has 2 aromatic rings. The molecule has 0 unspecified atom stereocenters. The zero-order valence-corrected chi connectivity index (χ0v) is 11.4. The van der Waals surface area contributed by atoms with Crippen LogP contribution in [0, 0.1) is 13.8 Å². The first kappa shape index (κ1) is 11.6. The number of aryl methyl sites for hydroxylation is 2. The second-order valence-corrected chi connectivity index (χ2v) is 5.57. The normalized spacial score (nSPS) is 10.7. The average Bonchev–Trinajstić information content (AvgIpc) is 2.73. The molecule has 0 fully saturated rings. The monoisotopic (exact) mass is 298 g/mol. The molecule has 0 saturated carbocycles. The van der Waals surface area contributed by atoms with E-state index in [0.717, 1.165) is 15.1 Å². The van der Waals surface area contributed by atoms with Crippen molar-refractivity contribution in [1.82, 2.24) is 0 Å². The van der Waals surface area contributed by atoms with Gasteiger partial charge in [-0.1, -0.05) is 0 Å². The summed E-state index contributed by atoms with van der Waals surface area (Å²) in [6.07, 6.45) is 0.441. The first-order chi connectivity index (χ1) is 7.56. The standard InChI is InChI=1S/C12H11BrO2S/c1-7-3-11(8(2)15-7)12(14)5-10-4-9(13)6-16-10/h3-4,6H,5H2,1-2H3. The lowest BCUT2D eigenvalue weighted by molar-refractivity contribution is 0.0992. The smallest absolute Gasteiger partial charge is 0.171 e. The lowest BCUT2D eigenvalue weighted by Gasteiger charge is -1.96. The summed E-state index contributed by atoms with van der Waals surface area (Å²) < 4.78 is 6.38. The van der Waals surface area contributed by atoms with Crippen molar-refractivity contribution in [2.45, 2.75) is 20.3 Å². The van der Waals surface area contributed by atoms with Gasteiger partial charge in [0.25, 0.3) is 0 Å². The van der Waals surface area contributed by atoms with Crippen molar-refractivity contribution in [1.29, 1.82) is 0 Å². The minimum absolute atomic E-state index is 0.115. The molecule has 0 atom stereocenters. The number of rotatable bonds is 3. The van der Waals surface area contributed by atoms with Gasteiger partial charge < -0.3 is 4.42 Å². The van der Waals surface area contributed by atoms with Crippen molar-refractivity contribution < 1.29 is 9.21 Å². The van der Waals surface area contributed by atoms with Crippen LogP contribution < -0.4 is 0 Å². The predicted molar refractivity (Wildman–Crippen MR) is 68.2 cm³/mol. The van der Waals surface area contributed by atoms with Gasteiger partial charge in [0.1, 0.15) is 11.5 Å². The first-order valence-electron chi connectivity index (χ1n) is 4.89. The first-order valence-corrected chi connectivity index (χ1v) is 6.56. The van der Waals surface area contributed by atoms with Crippen LogP contribution in [0.2, 0.25) is 0 Å². The predicted octanol–water partition coefficient (Wildman–Crippen LogP) is 4.15. The molecule has 16 heavy (non-hydrogen) atoms. The van der Waals surface area contributed by atoms with Crippen LogP contribution in [0.1, 0.15) is 26.8 Å². The van der Waals surface area contributed by atoms with Gasteiger partial charge in [-0.15, -0.1) is 11.3 Å². The number of ketones is 1. The molecular weight excluding hydrogens is 288 g/mol. The van der Waals surface area contributed by atoms with Gasteiger partial charge in [0, 0.05) is 21.2 Å². The number of hydrogen-bond acceptors (Lipinski definition) is 3. The summed E-state index contributed by atoms with van der Waals surface area (Å²) in [6, 6.07) is 3.78. The summed E-state index contributed by atoms with van der Waals surface area (Å²) in [6.45, 7) is 3.68. The van der Waals surface area contributed by atoms with E-state index < -0.39 is 0 Å². The van der Waals surface area contributed by atoms with Crippen LogP contribution >= 0.6 is 27.3 Å². The highest BCUT2D eigenvalue weighted by atomic mass is 79.9. The highest BCUT2D eigenvalue weighted by molar-refractivity contribution is 9.10. The molecule has 0 N–H and O–H groups in total. The molecule has 84 valence electrons. The van der Waals surface area contributed by atoms with Gasteiger partial charge >= 0.3 is 0 Å². The molecule has 0 radical (unpaired) electrons. The van der Waals surface area contributed by atoms with Crippen LogP contribution in [0.3, 0.4) is 0 Å². The van der Waals surface area contributed by atoms with Crippen molar-refractivity contribution in [2.24, 2.45) is 0 Å². The Labute approximate surface area is 106 Å². The molecule has 2 heterocycles. The molecule has 0 bridgehead atoms. The Hall–Kier alpha value is -0.870. The lowest BCUT2D eigenvalue weighted by Crippen LogP contribution is -2.02. The Balaban J connectivity index is 2.17. The van der Waals surface area contributed by atoms with Gasteiger partial charge in [-0.05, 0) is 41.9 Å². The van der Waals surface area contributed by atoms with Crippen molar-refractivity contribution in [3.05, 3.63) is 43.9 Å². The van der Waals surface area contributed by atoms with Crippen LogP contribution in [0.15, 0.2) is 26.4 Å². The molecule has 4 heteroatoms. The zero-order chi connectivity index (χ0) is 11.7. The summed E-state index contributed by atoms with van der Waals surface area (Å²) >= 11 is 4.96. The maximum absolute atomic E-state index is 12.0. The van der Waals surface area contributed by atoms with Crippen LogP contribution in [0.4, 0.5) is 0 Å². The molecule has 0 aliphatic rings. The van der Waals surface area contributed by atoms with Crippen molar-refractivity contribution in [3.8, 4) is 0 Å². The topological polar surface area (TPSA) is 30.2 Å². The summed E-state index contributed by atoms with van der Waals surface area (Å²) in [5.41, 5.74) is 0.696. The Morgan fingerprint density at radius 3 is 2.69 bits per heavy atom. The summed E-state index contributed by atoms with van der Waals surface area (Å²) in [5.74, 6) is 1.61. The molecule has 2 aromatic heterocycles. The zero-order valence-electron chi connectivity index (χ0n) is 9.04. The van der Waals surface area contributed by atoms with E-state index in [0.29, 0.717) is 17.7 Å². The third-order valence-corrected chi connectivity index (χ3v) is 4.00. The third kappa shape index (κ3) is 2.44. The number of thiophene rings is 1. The number of halogens is 1. The van der Waals surface area contributed by atoms with E-state index in [-0.39, 0.29) is 5.78 Å². The molecule has 0 saturated heterocycles. The molecule has 0 aliphatic carbocycles. The van der Waals surface area contributed by atoms with Crippen LogP contribution in [0.5, 0.6) is 0 Å². The molecule has 0 aliphatic heterocycles. The van der Waals surface area contributed by atoms with Gasteiger partial charge in [0.2, 0.25) is 0 Å². The maximum atomic E-state index is 12.0. The van der Waals surface area contributed by atoms with Crippen LogP contribution in [-0.2, 0) is 6.42 Å². The quantitative estimate of drug-likeness (QED) is 0.797. The van der Waals surface area contributed by atoms with Gasteiger partial charge in [-0.25, -0.2) is 0 Å². The van der Waals surface area contributed by atoms with E-state index in [4.69, 9.17) is 4.42 Å². The molecule has 0 spiro atoms. The third-order valence-electron chi connectivity index (χ3n) is 2.30.